The van der Waals surface area contributed by atoms with Gasteiger partial charge < -0.3 is 5.32 Å². The molecule has 1 unspecified atom stereocenters. The molecule has 21 heavy (non-hydrogen) atoms. The molecule has 5 nitrogen and oxygen atoms in total. The van der Waals surface area contributed by atoms with Gasteiger partial charge in [-0.3, -0.25) is 10.1 Å². The van der Waals surface area contributed by atoms with Gasteiger partial charge in [0.2, 0.25) is 0 Å². The van der Waals surface area contributed by atoms with Crippen LogP contribution >= 0.6 is 0 Å². The van der Waals surface area contributed by atoms with Crippen LogP contribution < -0.4 is 5.32 Å². The average Bonchev–Trinajstić information content (AvgIpc) is 2.52. The van der Waals surface area contributed by atoms with Gasteiger partial charge in [-0.1, -0.05) is 30.3 Å². The van der Waals surface area contributed by atoms with Crippen molar-refractivity contribution in [1.82, 2.24) is 5.32 Å². The molecule has 2 rings (SSSR count). The van der Waals surface area contributed by atoms with Crippen molar-refractivity contribution in [3.8, 4) is 6.07 Å². The maximum absolute atomic E-state index is 11.0. The van der Waals surface area contributed by atoms with Gasteiger partial charge in [-0.2, -0.15) is 5.26 Å². The fraction of sp³-hybridized carbons (Fsp3) is 0.188. The van der Waals surface area contributed by atoms with Gasteiger partial charge in [-0.25, -0.2) is 0 Å². The summed E-state index contributed by atoms with van der Waals surface area (Å²) < 4.78 is 0. The molecule has 106 valence electrons. The normalized spacial score (nSPS) is 11.6. The van der Waals surface area contributed by atoms with Crippen molar-refractivity contribution in [3.05, 3.63) is 75.3 Å². The molecule has 0 aliphatic rings. The lowest BCUT2D eigenvalue weighted by molar-refractivity contribution is -0.385. The Morgan fingerprint density at radius 3 is 2.52 bits per heavy atom. The van der Waals surface area contributed by atoms with Gasteiger partial charge in [0.25, 0.3) is 5.69 Å². The van der Waals surface area contributed by atoms with Gasteiger partial charge in [-0.15, -0.1) is 0 Å². The number of hydrogen-bond donors (Lipinski definition) is 1. The molecule has 0 aliphatic heterocycles. The molecule has 0 spiro atoms. The predicted molar refractivity (Wildman–Crippen MR) is 79.5 cm³/mol. The quantitative estimate of drug-likeness (QED) is 0.673. The number of benzene rings is 2. The number of nitro groups is 1. The highest BCUT2D eigenvalue weighted by Gasteiger charge is 2.13. The summed E-state index contributed by atoms with van der Waals surface area (Å²) in [5.41, 5.74) is 2.43. The van der Waals surface area contributed by atoms with Crippen LogP contribution in [0.3, 0.4) is 0 Å². The molecule has 0 bridgehead atoms. The number of hydrogen-bond acceptors (Lipinski definition) is 4. The van der Waals surface area contributed by atoms with Crippen LogP contribution in [0.1, 0.15) is 29.7 Å². The first-order chi connectivity index (χ1) is 10.1. The first kappa shape index (κ1) is 14.7. The maximum Gasteiger partial charge on any atom is 0.273 e. The minimum absolute atomic E-state index is 0.0394. The Bertz CT molecular complexity index is 675. The lowest BCUT2D eigenvalue weighted by Crippen LogP contribution is -2.18. The average molecular weight is 281 g/mol. The lowest BCUT2D eigenvalue weighted by atomic mass is 10.1. The van der Waals surface area contributed by atoms with Crippen LogP contribution in [-0.4, -0.2) is 4.92 Å². The van der Waals surface area contributed by atoms with E-state index in [4.69, 9.17) is 5.26 Å². The fourth-order valence-electron chi connectivity index (χ4n) is 2.07. The molecule has 0 saturated heterocycles. The van der Waals surface area contributed by atoms with Crippen molar-refractivity contribution in [2.75, 3.05) is 0 Å². The third kappa shape index (κ3) is 3.65. The molecule has 0 aliphatic carbocycles. The molecule has 0 fully saturated rings. The number of para-hydroxylation sites is 1. The molecule has 5 heteroatoms. The van der Waals surface area contributed by atoms with Crippen molar-refractivity contribution in [1.29, 1.82) is 5.26 Å². The van der Waals surface area contributed by atoms with Crippen molar-refractivity contribution in [2.24, 2.45) is 0 Å². The van der Waals surface area contributed by atoms with Crippen molar-refractivity contribution in [3.63, 3.8) is 0 Å². The van der Waals surface area contributed by atoms with Crippen molar-refractivity contribution >= 4 is 5.69 Å². The molecule has 1 N–H and O–H groups in total. The zero-order valence-corrected chi connectivity index (χ0v) is 11.6. The lowest BCUT2D eigenvalue weighted by Gasteiger charge is -2.14. The van der Waals surface area contributed by atoms with Gasteiger partial charge in [0, 0.05) is 24.2 Å². The third-order valence-corrected chi connectivity index (χ3v) is 3.33. The van der Waals surface area contributed by atoms with Crippen molar-refractivity contribution < 1.29 is 4.92 Å². The summed E-state index contributed by atoms with van der Waals surface area (Å²) in [6, 6.07) is 16.1. The second-order valence-electron chi connectivity index (χ2n) is 4.72. The van der Waals surface area contributed by atoms with Gasteiger partial charge in [-0.05, 0) is 24.6 Å². The van der Waals surface area contributed by atoms with E-state index >= 15 is 0 Å². The number of nitriles is 1. The standard InChI is InChI=1S/C16H15N3O2/c1-12(14-8-6-13(10-17)7-9-14)18-11-15-4-2-3-5-16(15)19(20)21/h2-9,12,18H,11H2,1H3. The Morgan fingerprint density at radius 1 is 1.24 bits per heavy atom. The van der Waals surface area contributed by atoms with Crippen LogP contribution in [0.2, 0.25) is 0 Å². The van der Waals surface area contributed by atoms with E-state index in [-0.39, 0.29) is 16.7 Å². The largest absolute Gasteiger partial charge is 0.306 e. The van der Waals surface area contributed by atoms with E-state index in [1.807, 2.05) is 19.1 Å². The van der Waals surface area contributed by atoms with Gasteiger partial charge in [0.1, 0.15) is 0 Å². The highest BCUT2D eigenvalue weighted by atomic mass is 16.6. The fourth-order valence-corrected chi connectivity index (χ4v) is 2.07. The topological polar surface area (TPSA) is 79.0 Å². The van der Waals surface area contributed by atoms with E-state index in [1.165, 1.54) is 6.07 Å². The summed E-state index contributed by atoms with van der Waals surface area (Å²) in [6.45, 7) is 2.40. The van der Waals surface area contributed by atoms with E-state index in [0.29, 0.717) is 17.7 Å². The summed E-state index contributed by atoms with van der Waals surface area (Å²) in [6.07, 6.45) is 0. The van der Waals surface area contributed by atoms with Gasteiger partial charge in [0.05, 0.1) is 16.6 Å². The summed E-state index contributed by atoms with van der Waals surface area (Å²) in [5, 5.41) is 23.0. The summed E-state index contributed by atoms with van der Waals surface area (Å²) >= 11 is 0. The minimum atomic E-state index is -0.372. The van der Waals surface area contributed by atoms with Crippen LogP contribution in [0.25, 0.3) is 0 Å². The monoisotopic (exact) mass is 281 g/mol. The van der Waals surface area contributed by atoms with Crippen LogP contribution in [0, 0.1) is 21.4 Å². The molecular weight excluding hydrogens is 266 g/mol. The predicted octanol–water partition coefficient (Wildman–Crippen LogP) is 3.32. The zero-order chi connectivity index (χ0) is 15.2. The summed E-state index contributed by atoms with van der Waals surface area (Å²) in [5.74, 6) is 0. The summed E-state index contributed by atoms with van der Waals surface area (Å²) in [4.78, 5) is 10.6. The van der Waals surface area contributed by atoms with Crippen LogP contribution in [0.5, 0.6) is 0 Å². The van der Waals surface area contributed by atoms with Gasteiger partial charge >= 0.3 is 0 Å². The molecular formula is C16H15N3O2. The Balaban J connectivity index is 2.05. The van der Waals surface area contributed by atoms with Crippen molar-refractivity contribution in [2.45, 2.75) is 19.5 Å². The SMILES string of the molecule is CC(NCc1ccccc1[N+](=O)[O-])c1ccc(C#N)cc1. The molecule has 0 amide bonds. The van der Waals surface area contributed by atoms with Crippen LogP contribution in [0.15, 0.2) is 48.5 Å². The molecule has 2 aromatic rings. The Hall–Kier alpha value is -2.71. The smallest absolute Gasteiger partial charge is 0.273 e. The highest BCUT2D eigenvalue weighted by molar-refractivity contribution is 5.40. The Morgan fingerprint density at radius 2 is 1.90 bits per heavy atom. The minimum Gasteiger partial charge on any atom is -0.306 e. The number of rotatable bonds is 5. The molecule has 0 radical (unpaired) electrons. The van der Waals surface area contributed by atoms with Crippen LogP contribution in [-0.2, 0) is 6.54 Å². The van der Waals surface area contributed by atoms with E-state index in [2.05, 4.69) is 11.4 Å². The third-order valence-electron chi connectivity index (χ3n) is 3.33. The van der Waals surface area contributed by atoms with Gasteiger partial charge in [0.15, 0.2) is 0 Å². The van der Waals surface area contributed by atoms with E-state index in [9.17, 15) is 10.1 Å². The molecule has 0 heterocycles. The number of nitrogens with zero attached hydrogens (tertiary/aromatic N) is 2. The maximum atomic E-state index is 11.0. The number of nitro benzene ring substituents is 1. The first-order valence-electron chi connectivity index (χ1n) is 6.57. The van der Waals surface area contributed by atoms with Crippen LogP contribution in [0.4, 0.5) is 5.69 Å². The first-order valence-corrected chi connectivity index (χ1v) is 6.57. The van der Waals surface area contributed by atoms with E-state index in [1.54, 1.807) is 30.3 Å². The second-order valence-corrected chi connectivity index (χ2v) is 4.72. The van der Waals surface area contributed by atoms with E-state index < -0.39 is 0 Å². The molecule has 1 atom stereocenters. The highest BCUT2D eigenvalue weighted by Crippen LogP contribution is 2.19. The molecule has 0 saturated carbocycles. The second kappa shape index (κ2) is 6.64. The Labute approximate surface area is 123 Å². The summed E-state index contributed by atoms with van der Waals surface area (Å²) in [7, 11) is 0. The zero-order valence-electron chi connectivity index (χ0n) is 11.6. The van der Waals surface area contributed by atoms with E-state index in [0.717, 1.165) is 5.56 Å². The molecule has 0 aromatic heterocycles. The Kier molecular flexibility index (Phi) is 4.64. The molecule has 2 aromatic carbocycles. The number of nitrogens with one attached hydrogen (secondary N) is 1.